The minimum absolute atomic E-state index is 0.299. The average molecular weight is 257 g/mol. The summed E-state index contributed by atoms with van der Waals surface area (Å²) in [6.45, 7) is 6.62. The van der Waals surface area contributed by atoms with Crippen LogP contribution >= 0.6 is 0 Å². The summed E-state index contributed by atoms with van der Waals surface area (Å²) < 4.78 is 0. The van der Waals surface area contributed by atoms with Gasteiger partial charge in [-0.2, -0.15) is 0 Å². The normalized spacial score (nSPS) is 24.3. The molecule has 1 aliphatic rings. The third kappa shape index (κ3) is 4.62. The Morgan fingerprint density at radius 1 is 1.44 bits per heavy atom. The van der Waals surface area contributed by atoms with E-state index in [1.54, 1.807) is 0 Å². The number of carboxylic acids is 1. The third-order valence-electron chi connectivity index (χ3n) is 3.28. The lowest BCUT2D eigenvalue weighted by molar-refractivity contribution is -0.142. The molecule has 0 bridgehead atoms. The van der Waals surface area contributed by atoms with E-state index in [0.29, 0.717) is 12.6 Å². The summed E-state index contributed by atoms with van der Waals surface area (Å²) in [6.07, 6.45) is 1.02. The third-order valence-corrected chi connectivity index (χ3v) is 3.28. The molecule has 2 N–H and O–H groups in total. The van der Waals surface area contributed by atoms with Crippen molar-refractivity contribution >= 4 is 11.9 Å². The molecule has 1 heterocycles. The topological polar surface area (TPSA) is 72.9 Å². The van der Waals surface area contributed by atoms with Gasteiger partial charge in [0.25, 0.3) is 0 Å². The number of carboxylic acid groups (broad SMARTS) is 1. The number of nitrogens with one attached hydrogen (secondary N) is 1. The van der Waals surface area contributed by atoms with Crippen molar-refractivity contribution < 1.29 is 14.7 Å². The highest BCUT2D eigenvalue weighted by Crippen LogP contribution is 2.09. The number of amides is 1. The van der Waals surface area contributed by atoms with Crippen LogP contribution in [0.2, 0.25) is 0 Å². The van der Waals surface area contributed by atoms with Gasteiger partial charge < -0.3 is 15.3 Å². The van der Waals surface area contributed by atoms with Gasteiger partial charge in [0.1, 0.15) is 6.04 Å². The fourth-order valence-corrected chi connectivity index (χ4v) is 2.36. The Kier molecular flexibility index (Phi) is 5.55. The molecule has 104 valence electrons. The summed E-state index contributed by atoms with van der Waals surface area (Å²) in [5, 5.41) is 11.6. The first-order valence-electron chi connectivity index (χ1n) is 6.32. The quantitative estimate of drug-likeness (QED) is 0.717. The van der Waals surface area contributed by atoms with Crippen LogP contribution in [-0.4, -0.2) is 72.1 Å². The van der Waals surface area contributed by atoms with Crippen molar-refractivity contribution in [1.82, 2.24) is 15.1 Å². The van der Waals surface area contributed by atoms with Crippen molar-refractivity contribution in [2.75, 3.05) is 33.2 Å². The van der Waals surface area contributed by atoms with Gasteiger partial charge in [0.2, 0.25) is 5.91 Å². The van der Waals surface area contributed by atoms with Crippen LogP contribution in [0.5, 0.6) is 0 Å². The zero-order valence-corrected chi connectivity index (χ0v) is 11.3. The molecule has 1 fully saturated rings. The Balaban J connectivity index is 2.61. The van der Waals surface area contributed by atoms with Gasteiger partial charge in [-0.25, -0.2) is 4.79 Å². The maximum atomic E-state index is 11.1. The zero-order chi connectivity index (χ0) is 13.7. The molecule has 6 nitrogen and oxygen atoms in total. The molecular formula is C12H23N3O3. The number of rotatable bonds is 4. The van der Waals surface area contributed by atoms with E-state index in [2.05, 4.69) is 29.1 Å². The van der Waals surface area contributed by atoms with E-state index < -0.39 is 12.0 Å². The largest absolute Gasteiger partial charge is 0.480 e. The van der Waals surface area contributed by atoms with Gasteiger partial charge in [-0.1, -0.05) is 0 Å². The van der Waals surface area contributed by atoms with Crippen molar-refractivity contribution in [3.63, 3.8) is 0 Å². The monoisotopic (exact) mass is 257 g/mol. The van der Waals surface area contributed by atoms with Crippen molar-refractivity contribution in [3.8, 4) is 0 Å². The Morgan fingerprint density at radius 3 is 2.67 bits per heavy atom. The Bertz CT molecular complexity index is 309. The fourth-order valence-electron chi connectivity index (χ4n) is 2.36. The van der Waals surface area contributed by atoms with E-state index in [9.17, 15) is 9.59 Å². The van der Waals surface area contributed by atoms with Crippen LogP contribution in [0.1, 0.15) is 20.3 Å². The van der Waals surface area contributed by atoms with Crippen LogP contribution in [0.25, 0.3) is 0 Å². The van der Waals surface area contributed by atoms with Crippen LogP contribution in [0.3, 0.4) is 0 Å². The van der Waals surface area contributed by atoms with E-state index in [4.69, 9.17) is 5.11 Å². The molecule has 1 rings (SSSR count). The fraction of sp³-hybridized carbons (Fsp3) is 0.833. The molecule has 1 amide bonds. The highest BCUT2D eigenvalue weighted by Gasteiger charge is 2.26. The molecule has 0 aromatic heterocycles. The molecular weight excluding hydrogens is 234 g/mol. The van der Waals surface area contributed by atoms with Gasteiger partial charge >= 0.3 is 5.97 Å². The average Bonchev–Trinajstić information content (AvgIpc) is 2.39. The molecule has 0 radical (unpaired) electrons. The predicted octanol–water partition coefficient (Wildman–Crippen LogP) is -0.398. The van der Waals surface area contributed by atoms with Crippen LogP contribution in [0.15, 0.2) is 0 Å². The molecule has 0 aromatic carbocycles. The number of likely N-dealkylation sites (N-methyl/N-ethyl adjacent to an activating group) is 1. The highest BCUT2D eigenvalue weighted by molar-refractivity contribution is 5.82. The Morgan fingerprint density at radius 2 is 2.11 bits per heavy atom. The van der Waals surface area contributed by atoms with Crippen molar-refractivity contribution in [2.24, 2.45) is 0 Å². The maximum Gasteiger partial charge on any atom is 0.327 e. The SMILES string of the molecule is CC(=O)NC(CN1CCCN(C)CC1C)C(=O)O. The number of carbonyl (C=O) groups excluding carboxylic acids is 1. The highest BCUT2D eigenvalue weighted by atomic mass is 16.4. The zero-order valence-electron chi connectivity index (χ0n) is 11.3. The van der Waals surface area contributed by atoms with Crippen molar-refractivity contribution in [1.29, 1.82) is 0 Å². The lowest BCUT2D eigenvalue weighted by Gasteiger charge is -2.30. The molecule has 6 heteroatoms. The predicted molar refractivity (Wildman–Crippen MR) is 68.4 cm³/mol. The van der Waals surface area contributed by atoms with E-state index in [1.807, 2.05) is 0 Å². The smallest absolute Gasteiger partial charge is 0.327 e. The molecule has 2 atom stereocenters. The molecule has 18 heavy (non-hydrogen) atoms. The Labute approximate surface area is 108 Å². The number of nitrogens with zero attached hydrogens (tertiary/aromatic N) is 2. The van der Waals surface area contributed by atoms with Crippen LogP contribution in [-0.2, 0) is 9.59 Å². The first-order valence-corrected chi connectivity index (χ1v) is 6.32. The molecule has 1 saturated heterocycles. The molecule has 2 unspecified atom stereocenters. The van der Waals surface area contributed by atoms with E-state index in [1.165, 1.54) is 6.92 Å². The molecule has 0 aromatic rings. The van der Waals surface area contributed by atoms with Crippen LogP contribution < -0.4 is 5.32 Å². The Hall–Kier alpha value is -1.14. The summed E-state index contributed by atoms with van der Waals surface area (Å²) in [5.74, 6) is -1.28. The van der Waals surface area contributed by atoms with Gasteiger partial charge in [-0.3, -0.25) is 9.69 Å². The lowest BCUT2D eigenvalue weighted by Crippen LogP contribution is -2.51. The standard InChI is InChI=1S/C12H23N3O3/c1-9-7-14(3)5-4-6-15(9)8-11(12(17)18)13-10(2)16/h9,11H,4-8H2,1-3H3,(H,13,16)(H,17,18). The molecule has 0 saturated carbocycles. The summed E-state index contributed by atoms with van der Waals surface area (Å²) in [4.78, 5) is 26.5. The first-order chi connectivity index (χ1) is 8.40. The first kappa shape index (κ1) is 14.9. The summed E-state index contributed by atoms with van der Waals surface area (Å²) in [7, 11) is 2.07. The van der Waals surface area contributed by atoms with E-state index in [0.717, 1.165) is 26.1 Å². The second-order valence-corrected chi connectivity index (χ2v) is 5.05. The van der Waals surface area contributed by atoms with Gasteiger partial charge in [-0.15, -0.1) is 0 Å². The summed E-state index contributed by atoms with van der Waals surface area (Å²) in [5.41, 5.74) is 0. The number of aliphatic carboxylic acids is 1. The number of hydrogen-bond acceptors (Lipinski definition) is 4. The minimum Gasteiger partial charge on any atom is -0.480 e. The molecule has 0 spiro atoms. The van der Waals surface area contributed by atoms with Gasteiger partial charge in [0, 0.05) is 26.1 Å². The van der Waals surface area contributed by atoms with Crippen LogP contribution in [0, 0.1) is 0 Å². The lowest BCUT2D eigenvalue weighted by atomic mass is 10.2. The second kappa shape index (κ2) is 6.70. The minimum atomic E-state index is -0.977. The van der Waals surface area contributed by atoms with Crippen LogP contribution in [0.4, 0.5) is 0 Å². The van der Waals surface area contributed by atoms with Gasteiger partial charge in [0.15, 0.2) is 0 Å². The van der Waals surface area contributed by atoms with E-state index >= 15 is 0 Å². The molecule has 1 aliphatic heterocycles. The van der Waals surface area contributed by atoms with E-state index in [-0.39, 0.29) is 5.91 Å². The maximum absolute atomic E-state index is 11.1. The van der Waals surface area contributed by atoms with Crippen molar-refractivity contribution in [3.05, 3.63) is 0 Å². The van der Waals surface area contributed by atoms with Gasteiger partial charge in [-0.05, 0) is 33.5 Å². The number of carbonyl (C=O) groups is 2. The summed E-state index contributed by atoms with van der Waals surface area (Å²) >= 11 is 0. The van der Waals surface area contributed by atoms with Gasteiger partial charge in [0.05, 0.1) is 0 Å². The number of hydrogen-bond donors (Lipinski definition) is 2. The van der Waals surface area contributed by atoms with Crippen molar-refractivity contribution in [2.45, 2.75) is 32.4 Å². The summed E-state index contributed by atoms with van der Waals surface area (Å²) in [6, 6.07) is -0.526. The second-order valence-electron chi connectivity index (χ2n) is 5.05. The molecule has 0 aliphatic carbocycles.